The highest BCUT2D eigenvalue weighted by Gasteiger charge is 2.42. The number of amides is 3. The fourth-order valence-electron chi connectivity index (χ4n) is 3.56. The summed E-state index contributed by atoms with van der Waals surface area (Å²) in [5.41, 5.74) is 1.14. The van der Waals surface area contributed by atoms with Gasteiger partial charge in [-0.05, 0) is 31.9 Å². The van der Waals surface area contributed by atoms with E-state index in [0.29, 0.717) is 32.7 Å². The fraction of sp³-hybridized carbons (Fsp3) is 0.550. The molecule has 1 atom stereocenters. The molecule has 0 bridgehead atoms. The summed E-state index contributed by atoms with van der Waals surface area (Å²) in [6.45, 7) is 7.96. The maximum atomic E-state index is 12.7. The van der Waals surface area contributed by atoms with E-state index in [0.717, 1.165) is 11.1 Å². The second kappa shape index (κ2) is 7.69. The summed E-state index contributed by atoms with van der Waals surface area (Å²) in [5, 5.41) is 8.85. The van der Waals surface area contributed by atoms with Gasteiger partial charge in [0.2, 0.25) is 0 Å². The zero-order valence-electron chi connectivity index (χ0n) is 16.6. The van der Waals surface area contributed by atoms with Crippen molar-refractivity contribution in [3.8, 4) is 0 Å². The van der Waals surface area contributed by atoms with Crippen LogP contribution in [-0.2, 0) is 22.5 Å². The van der Waals surface area contributed by atoms with Crippen LogP contribution in [0, 0.1) is 0 Å². The summed E-state index contributed by atoms with van der Waals surface area (Å²) < 4.78 is 5.44. The molecule has 0 radical (unpaired) electrons. The Labute approximate surface area is 164 Å². The van der Waals surface area contributed by atoms with Crippen molar-refractivity contribution in [1.82, 2.24) is 14.7 Å². The highest BCUT2D eigenvalue weighted by Crippen LogP contribution is 2.24. The van der Waals surface area contributed by atoms with Crippen LogP contribution >= 0.6 is 0 Å². The molecule has 3 rings (SSSR count). The number of aliphatic carboxylic acids is 1. The standard InChI is InChI=1S/C20H27N3O5/c1-20(2,3)28-19(27)21-8-9-23-16(12-21)13-22(18(23)26)11-15-6-4-14(5-7-15)10-17(24)25/h4-7,16H,8-13H2,1-3H3,(H,24,25)/t16-/m0/s1. The lowest BCUT2D eigenvalue weighted by atomic mass is 10.1. The van der Waals surface area contributed by atoms with Gasteiger partial charge >= 0.3 is 18.1 Å². The summed E-state index contributed by atoms with van der Waals surface area (Å²) in [6.07, 6.45) is -0.355. The highest BCUT2D eigenvalue weighted by molar-refractivity contribution is 5.78. The number of urea groups is 1. The Morgan fingerprint density at radius 3 is 2.36 bits per heavy atom. The van der Waals surface area contributed by atoms with E-state index in [1.807, 2.05) is 37.8 Å². The molecule has 3 amide bonds. The van der Waals surface area contributed by atoms with Gasteiger partial charge in [-0.15, -0.1) is 0 Å². The van der Waals surface area contributed by atoms with Crippen molar-refractivity contribution in [3.05, 3.63) is 35.4 Å². The minimum absolute atomic E-state index is 0.0146. The number of carboxylic acid groups (broad SMARTS) is 1. The van der Waals surface area contributed by atoms with Crippen LogP contribution in [-0.4, -0.2) is 75.7 Å². The third kappa shape index (κ3) is 4.74. The second-order valence-corrected chi connectivity index (χ2v) is 8.32. The molecule has 8 nitrogen and oxygen atoms in total. The molecule has 152 valence electrons. The second-order valence-electron chi connectivity index (χ2n) is 8.32. The molecular weight excluding hydrogens is 362 g/mol. The van der Waals surface area contributed by atoms with Gasteiger partial charge in [-0.2, -0.15) is 0 Å². The van der Waals surface area contributed by atoms with Gasteiger partial charge in [0.05, 0.1) is 12.5 Å². The molecule has 0 saturated carbocycles. The first-order valence-corrected chi connectivity index (χ1v) is 9.45. The molecule has 2 aliphatic rings. The van der Waals surface area contributed by atoms with Crippen LogP contribution < -0.4 is 0 Å². The van der Waals surface area contributed by atoms with Crippen molar-refractivity contribution in [2.75, 3.05) is 26.2 Å². The van der Waals surface area contributed by atoms with E-state index in [1.165, 1.54) is 0 Å². The smallest absolute Gasteiger partial charge is 0.410 e. The van der Waals surface area contributed by atoms with Crippen molar-refractivity contribution in [2.24, 2.45) is 0 Å². The lowest BCUT2D eigenvalue weighted by Crippen LogP contribution is -2.54. The maximum Gasteiger partial charge on any atom is 0.410 e. The Morgan fingerprint density at radius 1 is 1.11 bits per heavy atom. The molecular formula is C20H27N3O5. The van der Waals surface area contributed by atoms with Crippen LogP contribution in [0.1, 0.15) is 31.9 Å². The van der Waals surface area contributed by atoms with Crippen LogP contribution in [0.4, 0.5) is 9.59 Å². The van der Waals surface area contributed by atoms with E-state index < -0.39 is 11.6 Å². The summed E-state index contributed by atoms with van der Waals surface area (Å²) in [5.74, 6) is -0.867. The number of carbonyl (C=O) groups is 3. The van der Waals surface area contributed by atoms with E-state index >= 15 is 0 Å². The number of nitrogens with zero attached hydrogens (tertiary/aromatic N) is 3. The van der Waals surface area contributed by atoms with E-state index in [2.05, 4.69) is 0 Å². The molecule has 1 aromatic rings. The quantitative estimate of drug-likeness (QED) is 0.852. The highest BCUT2D eigenvalue weighted by atomic mass is 16.6. The molecule has 0 aliphatic carbocycles. The first-order chi connectivity index (χ1) is 13.1. The average Bonchev–Trinajstić information content (AvgIpc) is 2.90. The van der Waals surface area contributed by atoms with Gasteiger partial charge in [-0.1, -0.05) is 24.3 Å². The van der Waals surface area contributed by atoms with Gasteiger partial charge in [0.25, 0.3) is 0 Å². The van der Waals surface area contributed by atoms with Gasteiger partial charge in [0.1, 0.15) is 5.60 Å². The molecule has 2 aliphatic heterocycles. The summed E-state index contributed by atoms with van der Waals surface area (Å²) >= 11 is 0. The zero-order chi connectivity index (χ0) is 20.5. The summed E-state index contributed by atoms with van der Waals surface area (Å²) in [4.78, 5) is 41.0. The number of piperazine rings is 1. The van der Waals surface area contributed by atoms with Crippen LogP contribution in [0.2, 0.25) is 0 Å². The van der Waals surface area contributed by atoms with Crippen LogP contribution in [0.25, 0.3) is 0 Å². The first kappa shape index (κ1) is 20.0. The minimum atomic E-state index is -0.867. The van der Waals surface area contributed by atoms with E-state index in [9.17, 15) is 14.4 Å². The van der Waals surface area contributed by atoms with Gasteiger partial charge in [-0.3, -0.25) is 4.79 Å². The van der Waals surface area contributed by atoms with E-state index in [1.54, 1.807) is 21.9 Å². The normalized spacial score (nSPS) is 19.6. The Balaban J connectivity index is 1.59. The fourth-order valence-corrected chi connectivity index (χ4v) is 3.56. The molecule has 1 N–H and O–H groups in total. The third-order valence-corrected chi connectivity index (χ3v) is 4.83. The Morgan fingerprint density at radius 2 is 1.75 bits per heavy atom. The monoisotopic (exact) mass is 389 g/mol. The van der Waals surface area contributed by atoms with Crippen molar-refractivity contribution in [1.29, 1.82) is 0 Å². The largest absolute Gasteiger partial charge is 0.481 e. The molecule has 0 spiro atoms. The van der Waals surface area contributed by atoms with Crippen molar-refractivity contribution in [3.63, 3.8) is 0 Å². The molecule has 2 heterocycles. The van der Waals surface area contributed by atoms with Crippen LogP contribution in [0.3, 0.4) is 0 Å². The van der Waals surface area contributed by atoms with Gasteiger partial charge in [0.15, 0.2) is 0 Å². The Bertz CT molecular complexity index is 756. The Hall–Kier alpha value is -2.77. The molecule has 2 saturated heterocycles. The molecule has 1 aromatic carbocycles. The number of carboxylic acids is 1. The van der Waals surface area contributed by atoms with E-state index in [4.69, 9.17) is 9.84 Å². The van der Waals surface area contributed by atoms with Crippen LogP contribution in [0.15, 0.2) is 24.3 Å². The number of hydrogen-bond donors (Lipinski definition) is 1. The van der Waals surface area contributed by atoms with Gasteiger partial charge < -0.3 is 24.5 Å². The van der Waals surface area contributed by atoms with Crippen molar-refractivity contribution < 1.29 is 24.2 Å². The van der Waals surface area contributed by atoms with Gasteiger partial charge in [0, 0.05) is 32.7 Å². The number of carbonyl (C=O) groups excluding carboxylic acids is 2. The first-order valence-electron chi connectivity index (χ1n) is 9.45. The maximum absolute atomic E-state index is 12.7. The molecule has 0 unspecified atom stereocenters. The molecule has 2 fully saturated rings. The van der Waals surface area contributed by atoms with Gasteiger partial charge in [-0.25, -0.2) is 9.59 Å². The summed E-state index contributed by atoms with van der Waals surface area (Å²) in [7, 11) is 0. The molecule has 8 heteroatoms. The summed E-state index contributed by atoms with van der Waals surface area (Å²) in [6, 6.07) is 7.21. The number of fused-ring (bicyclic) bond motifs is 1. The SMILES string of the molecule is CC(C)(C)OC(=O)N1CCN2C(=O)N(Cc3ccc(CC(=O)O)cc3)C[C@@H]2C1. The van der Waals surface area contributed by atoms with Crippen LogP contribution in [0.5, 0.6) is 0 Å². The predicted molar refractivity (Wildman–Crippen MR) is 102 cm³/mol. The zero-order valence-corrected chi connectivity index (χ0v) is 16.6. The predicted octanol–water partition coefficient (Wildman–Crippen LogP) is 2.17. The van der Waals surface area contributed by atoms with Crippen molar-refractivity contribution in [2.45, 2.75) is 45.4 Å². The lowest BCUT2D eigenvalue weighted by molar-refractivity contribution is -0.136. The number of rotatable bonds is 4. The van der Waals surface area contributed by atoms with E-state index in [-0.39, 0.29) is 24.6 Å². The minimum Gasteiger partial charge on any atom is -0.481 e. The average molecular weight is 389 g/mol. The molecule has 0 aromatic heterocycles. The Kier molecular flexibility index (Phi) is 5.49. The molecule has 28 heavy (non-hydrogen) atoms. The third-order valence-electron chi connectivity index (χ3n) is 4.83. The lowest BCUT2D eigenvalue weighted by Gasteiger charge is -2.37. The number of ether oxygens (including phenoxy) is 1. The topological polar surface area (TPSA) is 90.4 Å². The number of benzene rings is 1. The van der Waals surface area contributed by atoms with Crippen molar-refractivity contribution >= 4 is 18.1 Å². The number of hydrogen-bond acceptors (Lipinski definition) is 4.